The molecule has 0 radical (unpaired) electrons. The first-order chi connectivity index (χ1) is 8.83. The van der Waals surface area contributed by atoms with E-state index in [1.54, 1.807) is 11.3 Å². The Morgan fingerprint density at radius 2 is 2.00 bits per heavy atom. The minimum Gasteiger partial charge on any atom is -0.486 e. The predicted octanol–water partition coefficient (Wildman–Crippen LogP) is 2.71. The van der Waals surface area contributed by atoms with Crippen molar-refractivity contribution in [1.82, 2.24) is 0 Å². The molecular weight excluding hydrogens is 248 g/mol. The van der Waals surface area contributed by atoms with Crippen LogP contribution in [-0.2, 0) is 6.54 Å². The zero-order chi connectivity index (χ0) is 12.4. The first-order valence-corrected chi connectivity index (χ1v) is 6.66. The lowest BCUT2D eigenvalue weighted by atomic mass is 10.2. The molecule has 1 aromatic carbocycles. The number of thiophene rings is 1. The molecule has 0 saturated heterocycles. The first kappa shape index (κ1) is 11.2. The van der Waals surface area contributed by atoms with Gasteiger partial charge in [0.2, 0.25) is 0 Å². The van der Waals surface area contributed by atoms with Crippen molar-refractivity contribution in [1.29, 1.82) is 0 Å². The van der Waals surface area contributed by atoms with Gasteiger partial charge in [-0.2, -0.15) is 0 Å². The van der Waals surface area contributed by atoms with Gasteiger partial charge in [0.1, 0.15) is 13.2 Å². The lowest BCUT2D eigenvalue weighted by molar-refractivity contribution is 0.172. The summed E-state index contributed by atoms with van der Waals surface area (Å²) in [5.41, 5.74) is 7.55. The molecule has 0 saturated carbocycles. The van der Waals surface area contributed by atoms with Gasteiger partial charge in [-0.25, -0.2) is 0 Å². The summed E-state index contributed by atoms with van der Waals surface area (Å²) in [6.45, 7) is 1.93. The van der Waals surface area contributed by atoms with E-state index in [-0.39, 0.29) is 0 Å². The lowest BCUT2D eigenvalue weighted by Gasteiger charge is -2.20. The summed E-state index contributed by atoms with van der Waals surface area (Å²) in [7, 11) is 0. The molecule has 3 rings (SSSR count). The molecule has 2 heterocycles. The zero-order valence-corrected chi connectivity index (χ0v) is 10.6. The van der Waals surface area contributed by atoms with E-state index in [0.29, 0.717) is 18.9 Å². The van der Waals surface area contributed by atoms with Gasteiger partial charge >= 0.3 is 0 Å². The second kappa shape index (κ2) is 4.78. The second-order valence-electron chi connectivity index (χ2n) is 4.02. The van der Waals surface area contributed by atoms with Crippen LogP contribution in [0.5, 0.6) is 11.5 Å². The van der Waals surface area contributed by atoms with Gasteiger partial charge in [0, 0.05) is 23.6 Å². The minimum atomic E-state index is 0.578. The van der Waals surface area contributed by atoms with Gasteiger partial charge in [-0.05, 0) is 11.4 Å². The molecule has 18 heavy (non-hydrogen) atoms. The van der Waals surface area contributed by atoms with Crippen molar-refractivity contribution < 1.29 is 9.47 Å². The third kappa shape index (κ3) is 2.22. The van der Waals surface area contributed by atoms with Crippen LogP contribution in [0.4, 0.5) is 11.4 Å². The Morgan fingerprint density at radius 3 is 2.72 bits per heavy atom. The molecule has 1 aliphatic rings. The Bertz CT molecular complexity index is 540. The molecule has 0 unspecified atom stereocenters. The van der Waals surface area contributed by atoms with Gasteiger partial charge in [-0.15, -0.1) is 11.3 Å². The summed E-state index contributed by atoms with van der Waals surface area (Å²) >= 11 is 1.72. The maximum absolute atomic E-state index is 5.99. The third-order valence-corrected chi connectivity index (χ3v) is 3.62. The first-order valence-electron chi connectivity index (χ1n) is 5.78. The van der Waals surface area contributed by atoms with Crippen LogP contribution in [0.1, 0.15) is 4.88 Å². The Balaban J connectivity index is 1.79. The highest BCUT2D eigenvalue weighted by Gasteiger charge is 2.14. The lowest BCUT2D eigenvalue weighted by Crippen LogP contribution is -2.16. The highest BCUT2D eigenvalue weighted by molar-refractivity contribution is 7.09. The largest absolute Gasteiger partial charge is 0.486 e. The van der Waals surface area contributed by atoms with Gasteiger partial charge < -0.3 is 20.5 Å². The number of nitrogens with one attached hydrogen (secondary N) is 1. The van der Waals surface area contributed by atoms with Gasteiger partial charge in [0.15, 0.2) is 11.5 Å². The van der Waals surface area contributed by atoms with Crippen LogP contribution < -0.4 is 20.5 Å². The summed E-state index contributed by atoms with van der Waals surface area (Å²) in [6.07, 6.45) is 0. The Morgan fingerprint density at radius 1 is 1.22 bits per heavy atom. The van der Waals surface area contributed by atoms with Crippen LogP contribution in [0.3, 0.4) is 0 Å². The van der Waals surface area contributed by atoms with Crippen molar-refractivity contribution >= 4 is 22.7 Å². The van der Waals surface area contributed by atoms with Crippen molar-refractivity contribution in [3.8, 4) is 11.5 Å². The smallest absolute Gasteiger partial charge is 0.163 e. The second-order valence-corrected chi connectivity index (χ2v) is 5.05. The van der Waals surface area contributed by atoms with Crippen LogP contribution in [0.15, 0.2) is 29.6 Å². The minimum absolute atomic E-state index is 0.578. The van der Waals surface area contributed by atoms with Gasteiger partial charge in [0.05, 0.1) is 11.4 Å². The van der Waals surface area contributed by atoms with E-state index >= 15 is 0 Å². The van der Waals surface area contributed by atoms with Crippen LogP contribution in [0.25, 0.3) is 0 Å². The molecule has 0 fully saturated rings. The Labute approximate surface area is 109 Å². The van der Waals surface area contributed by atoms with Crippen molar-refractivity contribution in [2.24, 2.45) is 0 Å². The SMILES string of the molecule is Nc1cc2c(cc1NCc1cccs1)OCCO2. The van der Waals surface area contributed by atoms with Crippen molar-refractivity contribution in [2.45, 2.75) is 6.54 Å². The molecule has 3 N–H and O–H groups in total. The van der Waals surface area contributed by atoms with E-state index in [9.17, 15) is 0 Å². The van der Waals surface area contributed by atoms with Gasteiger partial charge in [-0.3, -0.25) is 0 Å². The van der Waals surface area contributed by atoms with Crippen molar-refractivity contribution in [2.75, 3.05) is 24.3 Å². The quantitative estimate of drug-likeness (QED) is 0.835. The van der Waals surface area contributed by atoms with E-state index in [1.165, 1.54) is 4.88 Å². The summed E-state index contributed by atoms with van der Waals surface area (Å²) in [4.78, 5) is 1.27. The topological polar surface area (TPSA) is 56.5 Å². The molecule has 0 atom stereocenters. The number of hydrogen-bond donors (Lipinski definition) is 2. The Kier molecular flexibility index (Phi) is 2.98. The molecule has 0 aliphatic carbocycles. The summed E-state index contributed by atoms with van der Waals surface area (Å²) in [5.74, 6) is 1.48. The molecule has 2 aromatic rings. The average molecular weight is 262 g/mol. The van der Waals surface area contributed by atoms with E-state index in [1.807, 2.05) is 18.2 Å². The maximum Gasteiger partial charge on any atom is 0.163 e. The van der Waals surface area contributed by atoms with E-state index in [4.69, 9.17) is 15.2 Å². The van der Waals surface area contributed by atoms with E-state index in [0.717, 1.165) is 23.7 Å². The van der Waals surface area contributed by atoms with Crippen LogP contribution >= 0.6 is 11.3 Å². The van der Waals surface area contributed by atoms with Crippen LogP contribution in [0.2, 0.25) is 0 Å². The number of nitrogen functional groups attached to an aromatic ring is 1. The Hall–Kier alpha value is -1.88. The molecule has 1 aliphatic heterocycles. The standard InChI is InChI=1S/C13H14N2O2S/c14-10-6-12-13(17-4-3-16-12)7-11(10)15-8-9-2-1-5-18-9/h1-2,5-7,15H,3-4,8,14H2. The van der Waals surface area contributed by atoms with Gasteiger partial charge in [-0.1, -0.05) is 6.07 Å². The normalized spacial score (nSPS) is 13.3. The number of nitrogens with two attached hydrogens (primary N) is 1. The van der Waals surface area contributed by atoms with Crippen molar-refractivity contribution in [3.05, 3.63) is 34.5 Å². The number of ether oxygens (including phenoxy) is 2. The summed E-state index contributed by atoms with van der Waals surface area (Å²) < 4.78 is 11.0. The van der Waals surface area contributed by atoms with Crippen molar-refractivity contribution in [3.63, 3.8) is 0 Å². The molecule has 4 nitrogen and oxygen atoms in total. The van der Waals surface area contributed by atoms with Gasteiger partial charge in [0.25, 0.3) is 0 Å². The number of hydrogen-bond acceptors (Lipinski definition) is 5. The fourth-order valence-electron chi connectivity index (χ4n) is 1.85. The maximum atomic E-state index is 5.99. The molecule has 0 amide bonds. The molecule has 0 bridgehead atoms. The highest BCUT2D eigenvalue weighted by Crippen LogP contribution is 2.37. The third-order valence-electron chi connectivity index (χ3n) is 2.75. The number of fused-ring (bicyclic) bond motifs is 1. The predicted molar refractivity (Wildman–Crippen MR) is 73.5 cm³/mol. The molecule has 94 valence electrons. The molecule has 5 heteroatoms. The van der Waals surface area contributed by atoms with E-state index in [2.05, 4.69) is 16.8 Å². The monoisotopic (exact) mass is 262 g/mol. The average Bonchev–Trinajstić information content (AvgIpc) is 2.89. The van der Waals surface area contributed by atoms with Crippen LogP contribution in [0, 0.1) is 0 Å². The zero-order valence-electron chi connectivity index (χ0n) is 9.81. The number of rotatable bonds is 3. The number of benzene rings is 1. The fourth-order valence-corrected chi connectivity index (χ4v) is 2.50. The summed E-state index contributed by atoms with van der Waals surface area (Å²) in [6, 6.07) is 7.84. The highest BCUT2D eigenvalue weighted by atomic mass is 32.1. The van der Waals surface area contributed by atoms with Crippen LogP contribution in [-0.4, -0.2) is 13.2 Å². The summed E-state index contributed by atoms with van der Waals surface area (Å²) in [5, 5.41) is 5.38. The number of anilines is 2. The fraction of sp³-hybridized carbons (Fsp3) is 0.231. The molecule has 1 aromatic heterocycles. The molecule has 0 spiro atoms. The molecular formula is C13H14N2O2S. The van der Waals surface area contributed by atoms with E-state index < -0.39 is 0 Å².